The number of rotatable bonds is 6. The fourth-order valence-corrected chi connectivity index (χ4v) is 2.62. The number of aromatic nitrogens is 2. The van der Waals surface area contributed by atoms with Crippen LogP contribution in [0.3, 0.4) is 0 Å². The van der Waals surface area contributed by atoms with Crippen molar-refractivity contribution in [2.45, 2.75) is 66.1 Å². The van der Waals surface area contributed by atoms with E-state index in [4.69, 9.17) is 0 Å². The molecule has 0 aliphatic heterocycles. The van der Waals surface area contributed by atoms with Crippen molar-refractivity contribution in [2.24, 2.45) is 5.92 Å². The first-order valence-corrected chi connectivity index (χ1v) is 8.62. The summed E-state index contributed by atoms with van der Waals surface area (Å²) in [5, 5.41) is 8.04. The number of benzene rings is 1. The van der Waals surface area contributed by atoms with Gasteiger partial charge in [0.15, 0.2) is 0 Å². The highest BCUT2D eigenvalue weighted by atomic mass is 15.3. The molecule has 0 fully saturated rings. The minimum Gasteiger partial charge on any atom is -0.306 e. The summed E-state index contributed by atoms with van der Waals surface area (Å²) in [5.74, 6) is 0.704. The zero-order valence-electron chi connectivity index (χ0n) is 15.4. The molecule has 1 heterocycles. The van der Waals surface area contributed by atoms with Gasteiger partial charge >= 0.3 is 0 Å². The number of nitrogens with zero attached hydrogens (tertiary/aromatic N) is 2. The lowest BCUT2D eigenvalue weighted by molar-refractivity contribution is 0.355. The predicted molar refractivity (Wildman–Crippen MR) is 97.5 cm³/mol. The van der Waals surface area contributed by atoms with Gasteiger partial charge in [-0.3, -0.25) is 4.68 Å². The van der Waals surface area contributed by atoms with Gasteiger partial charge in [0, 0.05) is 24.3 Å². The van der Waals surface area contributed by atoms with E-state index >= 15 is 0 Å². The predicted octanol–water partition coefficient (Wildman–Crippen LogP) is 4.69. The molecule has 0 bridgehead atoms. The summed E-state index contributed by atoms with van der Waals surface area (Å²) in [6, 6.07) is 9.33. The topological polar surface area (TPSA) is 29.9 Å². The number of hydrogen-bond donors (Lipinski definition) is 1. The molecule has 0 saturated carbocycles. The van der Waals surface area contributed by atoms with Gasteiger partial charge in [0.1, 0.15) is 0 Å². The van der Waals surface area contributed by atoms with Gasteiger partial charge in [-0.05, 0) is 51.2 Å². The molecule has 3 heteroatoms. The standard InChI is InChI=1S/C20H31N3/c1-15(2)11-17-7-9-19(10-8-17)16(3)21-12-18-13-22-23(14-18)20(4,5)6/h7-10,13-16,21H,11-12H2,1-6H3. The van der Waals surface area contributed by atoms with Crippen LogP contribution in [-0.4, -0.2) is 9.78 Å². The van der Waals surface area contributed by atoms with Crippen LogP contribution in [0.25, 0.3) is 0 Å². The summed E-state index contributed by atoms with van der Waals surface area (Å²) in [5.41, 5.74) is 4.02. The molecule has 3 nitrogen and oxygen atoms in total. The third kappa shape index (κ3) is 5.21. The lowest BCUT2D eigenvalue weighted by atomic mass is 10.00. The Bertz CT molecular complexity index is 603. The third-order valence-corrected chi connectivity index (χ3v) is 4.06. The van der Waals surface area contributed by atoms with Crippen molar-refractivity contribution >= 4 is 0 Å². The number of nitrogens with one attached hydrogen (secondary N) is 1. The van der Waals surface area contributed by atoms with Gasteiger partial charge < -0.3 is 5.32 Å². The number of hydrogen-bond acceptors (Lipinski definition) is 2. The van der Waals surface area contributed by atoms with Crippen LogP contribution < -0.4 is 5.32 Å². The van der Waals surface area contributed by atoms with E-state index in [2.05, 4.69) is 82.4 Å². The molecule has 0 radical (unpaired) electrons. The van der Waals surface area contributed by atoms with E-state index in [1.165, 1.54) is 16.7 Å². The van der Waals surface area contributed by atoms with Gasteiger partial charge in [-0.1, -0.05) is 38.1 Å². The second-order valence-electron chi connectivity index (χ2n) is 7.91. The quantitative estimate of drug-likeness (QED) is 0.838. The van der Waals surface area contributed by atoms with Crippen molar-refractivity contribution in [1.82, 2.24) is 15.1 Å². The highest BCUT2D eigenvalue weighted by molar-refractivity contribution is 5.25. The molecular formula is C20H31N3. The summed E-state index contributed by atoms with van der Waals surface area (Å²) >= 11 is 0. The fourth-order valence-electron chi connectivity index (χ4n) is 2.62. The average Bonchev–Trinajstić information content (AvgIpc) is 2.94. The third-order valence-electron chi connectivity index (χ3n) is 4.06. The maximum absolute atomic E-state index is 4.45. The van der Waals surface area contributed by atoms with Crippen molar-refractivity contribution in [3.63, 3.8) is 0 Å². The molecule has 1 atom stereocenters. The van der Waals surface area contributed by atoms with E-state index < -0.39 is 0 Å². The molecule has 126 valence electrons. The second kappa shape index (κ2) is 7.31. The molecule has 1 unspecified atom stereocenters. The summed E-state index contributed by atoms with van der Waals surface area (Å²) in [6.07, 6.45) is 5.23. The van der Waals surface area contributed by atoms with E-state index in [0.717, 1.165) is 13.0 Å². The molecule has 1 aromatic carbocycles. The van der Waals surface area contributed by atoms with Crippen LogP contribution in [0.1, 0.15) is 64.3 Å². The van der Waals surface area contributed by atoms with E-state index in [1.54, 1.807) is 0 Å². The van der Waals surface area contributed by atoms with Gasteiger partial charge in [-0.25, -0.2) is 0 Å². The molecule has 0 aliphatic carbocycles. The highest BCUT2D eigenvalue weighted by Gasteiger charge is 2.14. The Balaban J connectivity index is 1.91. The Morgan fingerprint density at radius 2 is 1.70 bits per heavy atom. The van der Waals surface area contributed by atoms with Crippen LogP contribution in [0.5, 0.6) is 0 Å². The molecule has 2 aromatic rings. The zero-order chi connectivity index (χ0) is 17.0. The Labute approximate surface area is 141 Å². The van der Waals surface area contributed by atoms with Gasteiger partial charge in [0.25, 0.3) is 0 Å². The van der Waals surface area contributed by atoms with Crippen LogP contribution in [0.4, 0.5) is 0 Å². The van der Waals surface area contributed by atoms with Crippen molar-refractivity contribution in [3.8, 4) is 0 Å². The monoisotopic (exact) mass is 313 g/mol. The molecule has 2 rings (SSSR count). The Morgan fingerprint density at radius 1 is 1.04 bits per heavy atom. The van der Waals surface area contributed by atoms with Gasteiger partial charge in [0.2, 0.25) is 0 Å². The van der Waals surface area contributed by atoms with Crippen LogP contribution in [-0.2, 0) is 18.5 Å². The zero-order valence-corrected chi connectivity index (χ0v) is 15.4. The fraction of sp³-hybridized carbons (Fsp3) is 0.550. The van der Waals surface area contributed by atoms with Gasteiger partial charge in [-0.2, -0.15) is 5.10 Å². The van der Waals surface area contributed by atoms with Crippen LogP contribution in [0.15, 0.2) is 36.7 Å². The van der Waals surface area contributed by atoms with Crippen molar-refractivity contribution in [1.29, 1.82) is 0 Å². The molecule has 23 heavy (non-hydrogen) atoms. The van der Waals surface area contributed by atoms with Crippen LogP contribution in [0.2, 0.25) is 0 Å². The maximum Gasteiger partial charge on any atom is 0.0543 e. The Morgan fingerprint density at radius 3 is 2.22 bits per heavy atom. The molecule has 0 amide bonds. The molecule has 1 aromatic heterocycles. The van der Waals surface area contributed by atoms with E-state index in [1.807, 2.05) is 10.9 Å². The van der Waals surface area contributed by atoms with Crippen LogP contribution >= 0.6 is 0 Å². The van der Waals surface area contributed by atoms with Crippen molar-refractivity contribution in [2.75, 3.05) is 0 Å². The minimum absolute atomic E-state index is 0.0378. The first-order chi connectivity index (χ1) is 10.8. The maximum atomic E-state index is 4.45. The largest absolute Gasteiger partial charge is 0.306 e. The normalized spacial score (nSPS) is 13.5. The molecule has 1 N–H and O–H groups in total. The minimum atomic E-state index is 0.0378. The summed E-state index contributed by atoms with van der Waals surface area (Å²) in [4.78, 5) is 0. The molecule has 0 saturated heterocycles. The van der Waals surface area contributed by atoms with Gasteiger partial charge in [-0.15, -0.1) is 0 Å². The van der Waals surface area contributed by atoms with E-state index in [-0.39, 0.29) is 5.54 Å². The molecule has 0 spiro atoms. The molecule has 0 aliphatic rings. The van der Waals surface area contributed by atoms with E-state index in [9.17, 15) is 0 Å². The molecular weight excluding hydrogens is 282 g/mol. The second-order valence-corrected chi connectivity index (χ2v) is 7.91. The van der Waals surface area contributed by atoms with Crippen molar-refractivity contribution in [3.05, 3.63) is 53.3 Å². The Kier molecular flexibility index (Phi) is 5.64. The summed E-state index contributed by atoms with van der Waals surface area (Å²) in [7, 11) is 0. The summed E-state index contributed by atoms with van der Waals surface area (Å²) < 4.78 is 2.02. The van der Waals surface area contributed by atoms with E-state index in [0.29, 0.717) is 12.0 Å². The Hall–Kier alpha value is -1.61. The smallest absolute Gasteiger partial charge is 0.0543 e. The van der Waals surface area contributed by atoms with Crippen molar-refractivity contribution < 1.29 is 0 Å². The average molecular weight is 313 g/mol. The summed E-state index contributed by atoms with van der Waals surface area (Å²) in [6.45, 7) is 14.1. The van der Waals surface area contributed by atoms with Crippen LogP contribution in [0, 0.1) is 5.92 Å². The lowest BCUT2D eigenvalue weighted by Gasteiger charge is -2.19. The SMILES string of the molecule is CC(C)Cc1ccc(C(C)NCc2cnn(C(C)(C)C)c2)cc1. The van der Waals surface area contributed by atoms with Gasteiger partial charge in [0.05, 0.1) is 11.7 Å². The first kappa shape index (κ1) is 17.7. The highest BCUT2D eigenvalue weighted by Crippen LogP contribution is 2.17. The lowest BCUT2D eigenvalue weighted by Crippen LogP contribution is -2.22. The first-order valence-electron chi connectivity index (χ1n) is 8.62.